The molecule has 2 fully saturated rings. The van der Waals surface area contributed by atoms with Gasteiger partial charge in [-0.25, -0.2) is 0 Å². The molecule has 1 heterocycles. The van der Waals surface area contributed by atoms with Gasteiger partial charge in [0.05, 0.1) is 45.1 Å². The van der Waals surface area contributed by atoms with Gasteiger partial charge in [0.25, 0.3) is 0 Å². The number of morpholine rings is 1. The zero-order chi connectivity index (χ0) is 21.3. The molecule has 0 radical (unpaired) electrons. The summed E-state index contributed by atoms with van der Waals surface area (Å²) in [4.78, 5) is 14.0. The van der Waals surface area contributed by atoms with E-state index in [0.717, 1.165) is 38.5 Å². The first-order valence-corrected chi connectivity index (χ1v) is 11.8. The minimum atomic E-state index is -0.413. The molecule has 1 amide bonds. The molecule has 0 spiro atoms. The Hall–Kier alpha value is -1.21. The lowest BCUT2D eigenvalue weighted by atomic mass is 9.89. The zero-order valence-electron chi connectivity index (χ0n) is 18.4. The van der Waals surface area contributed by atoms with Gasteiger partial charge in [-0.2, -0.15) is 0 Å². The molecule has 170 valence electrons. The van der Waals surface area contributed by atoms with Crippen LogP contribution in [0.25, 0.3) is 0 Å². The molecule has 0 aromatic heterocycles. The fourth-order valence-electron chi connectivity index (χ4n) is 5.00. The average Bonchev–Trinajstić information content (AvgIpc) is 3.26. The maximum Gasteiger partial charge on any atom is 0.225 e. The van der Waals surface area contributed by atoms with Crippen molar-refractivity contribution < 1.29 is 24.5 Å². The van der Waals surface area contributed by atoms with Crippen LogP contribution in [0.2, 0.25) is 0 Å². The summed E-state index contributed by atoms with van der Waals surface area (Å²) in [6.07, 6.45) is 11.7. The van der Waals surface area contributed by atoms with E-state index in [9.17, 15) is 15.0 Å². The normalized spacial score (nSPS) is 30.0. The molecule has 1 saturated carbocycles. The van der Waals surface area contributed by atoms with Crippen LogP contribution in [-0.4, -0.2) is 72.7 Å². The Kier molecular flexibility index (Phi) is 9.37. The largest absolute Gasteiger partial charge is 0.392 e. The van der Waals surface area contributed by atoms with Crippen LogP contribution in [0.3, 0.4) is 0 Å². The molecule has 30 heavy (non-hydrogen) atoms. The summed E-state index contributed by atoms with van der Waals surface area (Å²) >= 11 is 0. The second-order valence-corrected chi connectivity index (χ2v) is 8.98. The monoisotopic (exact) mass is 421 g/mol. The van der Waals surface area contributed by atoms with E-state index in [-0.39, 0.29) is 17.9 Å². The number of allylic oxidation sites excluding steroid dienone is 1. The molecule has 0 unspecified atom stereocenters. The van der Waals surface area contributed by atoms with Crippen LogP contribution in [0.4, 0.5) is 0 Å². The fourth-order valence-corrected chi connectivity index (χ4v) is 5.00. The van der Waals surface area contributed by atoms with Crippen molar-refractivity contribution >= 4 is 5.91 Å². The Bertz CT molecular complexity index is 598. The fraction of sp³-hybridized carbons (Fsp3) is 0.792. The van der Waals surface area contributed by atoms with E-state index in [2.05, 4.69) is 13.0 Å². The second-order valence-electron chi connectivity index (χ2n) is 8.98. The van der Waals surface area contributed by atoms with Gasteiger partial charge >= 0.3 is 0 Å². The average molecular weight is 422 g/mol. The van der Waals surface area contributed by atoms with Crippen molar-refractivity contribution in [3.63, 3.8) is 0 Å². The summed E-state index contributed by atoms with van der Waals surface area (Å²) in [5.41, 5.74) is 1.28. The molecule has 3 rings (SSSR count). The summed E-state index contributed by atoms with van der Waals surface area (Å²) in [5, 5.41) is 20.6. The lowest BCUT2D eigenvalue weighted by molar-refractivity contribution is -0.136. The molecule has 3 aliphatic rings. The number of hydrogen-bond donors (Lipinski definition) is 2. The van der Waals surface area contributed by atoms with Crippen molar-refractivity contribution in [2.24, 2.45) is 17.8 Å². The maximum absolute atomic E-state index is 12.2. The Balaban J connectivity index is 1.37. The highest BCUT2D eigenvalue weighted by molar-refractivity contribution is 5.76. The van der Waals surface area contributed by atoms with E-state index in [0.29, 0.717) is 57.8 Å². The molecular formula is C24H39NO5. The second kappa shape index (κ2) is 12.0. The molecule has 2 N–H and O–H groups in total. The Morgan fingerprint density at radius 2 is 2.17 bits per heavy atom. The van der Waals surface area contributed by atoms with Crippen molar-refractivity contribution in [1.82, 2.24) is 4.90 Å². The first-order valence-electron chi connectivity index (χ1n) is 11.8. The van der Waals surface area contributed by atoms with Crippen LogP contribution in [0.1, 0.15) is 51.9 Å². The topological polar surface area (TPSA) is 79.2 Å². The van der Waals surface area contributed by atoms with Crippen LogP contribution < -0.4 is 0 Å². The summed E-state index contributed by atoms with van der Waals surface area (Å²) in [6, 6.07) is 0. The van der Waals surface area contributed by atoms with Crippen molar-refractivity contribution in [3.8, 4) is 0 Å². The van der Waals surface area contributed by atoms with Crippen LogP contribution in [0, 0.1) is 17.8 Å². The minimum absolute atomic E-state index is 0.104. The number of amides is 1. The van der Waals surface area contributed by atoms with Gasteiger partial charge in [-0.3, -0.25) is 4.79 Å². The molecule has 1 aliphatic heterocycles. The minimum Gasteiger partial charge on any atom is -0.392 e. The lowest BCUT2D eigenvalue weighted by Gasteiger charge is -2.26. The molecule has 0 bridgehead atoms. The number of aliphatic hydroxyl groups excluding tert-OH is 2. The number of ether oxygens (including phenoxy) is 2. The van der Waals surface area contributed by atoms with E-state index < -0.39 is 6.10 Å². The van der Waals surface area contributed by atoms with E-state index >= 15 is 0 Å². The highest BCUT2D eigenvalue weighted by Gasteiger charge is 2.43. The SMILES string of the molecule is CCCCC[C@H](O)C=C[C@@H]1[C@H]2CC(COCCC(=O)N3CCOCC3)=C[C@H]2C[C@H]1O. The van der Waals surface area contributed by atoms with Crippen LogP contribution in [-0.2, 0) is 14.3 Å². The molecular weight excluding hydrogens is 382 g/mol. The summed E-state index contributed by atoms with van der Waals surface area (Å²) in [6.45, 7) is 5.77. The van der Waals surface area contributed by atoms with E-state index in [1.807, 2.05) is 17.1 Å². The summed E-state index contributed by atoms with van der Waals surface area (Å²) < 4.78 is 11.1. The van der Waals surface area contributed by atoms with Crippen LogP contribution in [0.15, 0.2) is 23.8 Å². The van der Waals surface area contributed by atoms with Crippen molar-refractivity contribution in [2.45, 2.75) is 64.1 Å². The molecule has 2 aliphatic carbocycles. The third-order valence-electron chi connectivity index (χ3n) is 6.72. The standard InChI is InChI=1S/C24H39NO5/c1-2-3-4-5-20(26)6-7-21-22-15-18(14-19(22)16-23(21)27)17-30-11-8-24(28)25-9-12-29-13-10-25/h6-7,14,19-23,26-27H,2-5,8-13,15-17H2,1H3/t19-,20-,21+,22-,23+/m0/s1. The number of hydrogen-bond acceptors (Lipinski definition) is 5. The van der Waals surface area contributed by atoms with Crippen LogP contribution in [0.5, 0.6) is 0 Å². The Morgan fingerprint density at radius 1 is 1.37 bits per heavy atom. The third kappa shape index (κ3) is 6.64. The summed E-state index contributed by atoms with van der Waals surface area (Å²) in [7, 11) is 0. The predicted molar refractivity (Wildman–Crippen MR) is 116 cm³/mol. The number of fused-ring (bicyclic) bond motifs is 1. The zero-order valence-corrected chi connectivity index (χ0v) is 18.4. The van der Waals surface area contributed by atoms with Crippen LogP contribution >= 0.6 is 0 Å². The third-order valence-corrected chi connectivity index (χ3v) is 6.72. The first-order chi connectivity index (χ1) is 14.6. The first kappa shape index (κ1) is 23.5. The highest BCUT2D eigenvalue weighted by Crippen LogP contribution is 2.47. The number of carbonyl (C=O) groups excluding carboxylic acids is 1. The number of rotatable bonds is 11. The van der Waals surface area contributed by atoms with Gasteiger partial charge in [0.15, 0.2) is 0 Å². The molecule has 6 nitrogen and oxygen atoms in total. The van der Waals surface area contributed by atoms with Gasteiger partial charge in [-0.15, -0.1) is 0 Å². The van der Waals surface area contributed by atoms with E-state index in [1.165, 1.54) is 5.57 Å². The van der Waals surface area contributed by atoms with E-state index in [4.69, 9.17) is 9.47 Å². The van der Waals surface area contributed by atoms with Gasteiger partial charge in [0.1, 0.15) is 0 Å². The quantitative estimate of drug-likeness (QED) is 0.396. The predicted octanol–water partition coefficient (Wildman–Crippen LogP) is 2.69. The maximum atomic E-state index is 12.2. The number of unbranched alkanes of at least 4 members (excludes halogenated alkanes) is 2. The van der Waals surface area contributed by atoms with Gasteiger partial charge in [0, 0.05) is 19.0 Å². The Morgan fingerprint density at radius 3 is 2.93 bits per heavy atom. The molecule has 5 atom stereocenters. The lowest BCUT2D eigenvalue weighted by Crippen LogP contribution is -2.41. The number of nitrogens with zero attached hydrogens (tertiary/aromatic N) is 1. The van der Waals surface area contributed by atoms with Gasteiger partial charge in [0.2, 0.25) is 5.91 Å². The molecule has 0 aromatic rings. The number of carbonyl (C=O) groups is 1. The molecule has 1 saturated heterocycles. The van der Waals surface area contributed by atoms with Crippen molar-refractivity contribution in [3.05, 3.63) is 23.8 Å². The van der Waals surface area contributed by atoms with Gasteiger partial charge in [-0.1, -0.05) is 44.4 Å². The Labute approximate surface area is 180 Å². The van der Waals surface area contributed by atoms with Gasteiger partial charge in [-0.05, 0) is 36.7 Å². The van der Waals surface area contributed by atoms with Crippen molar-refractivity contribution in [2.75, 3.05) is 39.5 Å². The van der Waals surface area contributed by atoms with Gasteiger partial charge < -0.3 is 24.6 Å². The smallest absolute Gasteiger partial charge is 0.225 e. The number of aliphatic hydroxyl groups is 2. The molecule has 0 aromatic carbocycles. The van der Waals surface area contributed by atoms with E-state index in [1.54, 1.807) is 0 Å². The highest BCUT2D eigenvalue weighted by atomic mass is 16.5. The summed E-state index contributed by atoms with van der Waals surface area (Å²) in [5.74, 6) is 1.03. The molecule has 6 heteroatoms. The van der Waals surface area contributed by atoms with Crippen molar-refractivity contribution in [1.29, 1.82) is 0 Å².